The Hall–Kier alpha value is -1.27. The molecular formula is C15H22F3NO2. The van der Waals surface area contributed by atoms with E-state index >= 15 is 0 Å². The van der Waals surface area contributed by atoms with E-state index in [4.69, 9.17) is 4.74 Å². The van der Waals surface area contributed by atoms with Gasteiger partial charge in [0.25, 0.3) is 0 Å². The molecule has 0 heterocycles. The highest BCUT2D eigenvalue weighted by atomic mass is 19.4. The maximum absolute atomic E-state index is 12.0. The molecule has 0 aliphatic rings. The second-order valence-electron chi connectivity index (χ2n) is 5.31. The Morgan fingerprint density at radius 1 is 1.24 bits per heavy atom. The van der Waals surface area contributed by atoms with Gasteiger partial charge in [-0.3, -0.25) is 0 Å². The van der Waals surface area contributed by atoms with Gasteiger partial charge in [-0.1, -0.05) is 32.0 Å². The zero-order chi connectivity index (χ0) is 15.9. The molecule has 0 bridgehead atoms. The third-order valence-corrected chi connectivity index (χ3v) is 2.71. The number of ether oxygens (including phenoxy) is 2. The number of hydrogen-bond donors (Lipinski definition) is 1. The van der Waals surface area contributed by atoms with Gasteiger partial charge >= 0.3 is 6.18 Å². The number of hydrogen-bond acceptors (Lipinski definition) is 3. The van der Waals surface area contributed by atoms with Crippen LogP contribution in [0.3, 0.4) is 0 Å². The number of rotatable bonds is 8. The molecule has 0 radical (unpaired) electrons. The Balaban J connectivity index is 2.55. The molecule has 21 heavy (non-hydrogen) atoms. The van der Waals surface area contributed by atoms with Crippen LogP contribution in [-0.4, -0.2) is 26.1 Å². The zero-order valence-electron chi connectivity index (χ0n) is 12.6. The molecular weight excluding hydrogens is 283 g/mol. The summed E-state index contributed by atoms with van der Waals surface area (Å²) >= 11 is 0. The molecule has 0 aliphatic heterocycles. The summed E-state index contributed by atoms with van der Waals surface area (Å²) in [7, 11) is 0. The Labute approximate surface area is 123 Å². The molecule has 120 valence electrons. The largest absolute Gasteiger partial charge is 0.467 e. The summed E-state index contributed by atoms with van der Waals surface area (Å²) in [6, 6.07) is 5.63. The van der Waals surface area contributed by atoms with E-state index in [1.807, 2.05) is 25.1 Å². The van der Waals surface area contributed by atoms with Crippen molar-refractivity contribution < 1.29 is 22.6 Å². The molecule has 0 atom stereocenters. The third-order valence-electron chi connectivity index (χ3n) is 2.71. The van der Waals surface area contributed by atoms with Gasteiger partial charge in [-0.05, 0) is 24.9 Å². The highest BCUT2D eigenvalue weighted by Crippen LogP contribution is 2.24. The van der Waals surface area contributed by atoms with Crippen molar-refractivity contribution in [1.29, 1.82) is 0 Å². The normalized spacial score (nSPS) is 12.0. The van der Waals surface area contributed by atoms with Gasteiger partial charge in [-0.15, -0.1) is 0 Å². The zero-order valence-corrected chi connectivity index (χ0v) is 12.6. The average Bonchev–Trinajstić information content (AvgIpc) is 2.35. The van der Waals surface area contributed by atoms with Gasteiger partial charge < -0.3 is 14.8 Å². The predicted octanol–water partition coefficient (Wildman–Crippen LogP) is 3.66. The summed E-state index contributed by atoms with van der Waals surface area (Å²) in [6.07, 6.45) is -4.34. The Morgan fingerprint density at radius 2 is 1.95 bits per heavy atom. The van der Waals surface area contributed by atoms with E-state index in [0.29, 0.717) is 18.2 Å². The van der Waals surface area contributed by atoms with Crippen LogP contribution in [-0.2, 0) is 11.3 Å². The van der Waals surface area contributed by atoms with E-state index in [0.717, 1.165) is 17.7 Å². The number of alkyl halides is 3. The molecule has 0 saturated heterocycles. The van der Waals surface area contributed by atoms with Crippen LogP contribution >= 0.6 is 0 Å². The van der Waals surface area contributed by atoms with Gasteiger partial charge in [0.1, 0.15) is 12.4 Å². The second kappa shape index (κ2) is 8.24. The molecule has 0 fully saturated rings. The van der Waals surface area contributed by atoms with Crippen LogP contribution in [0.25, 0.3) is 0 Å². The quantitative estimate of drug-likeness (QED) is 0.587. The minimum absolute atomic E-state index is 0.415. The lowest BCUT2D eigenvalue weighted by Gasteiger charge is -2.16. The topological polar surface area (TPSA) is 30.5 Å². The molecule has 6 heteroatoms. The van der Waals surface area contributed by atoms with Crippen molar-refractivity contribution in [2.45, 2.75) is 33.5 Å². The van der Waals surface area contributed by atoms with Crippen LogP contribution in [0.1, 0.15) is 25.0 Å². The highest BCUT2D eigenvalue weighted by Gasteiger charge is 2.27. The van der Waals surface area contributed by atoms with Crippen molar-refractivity contribution in [2.75, 3.05) is 19.9 Å². The monoisotopic (exact) mass is 305 g/mol. The van der Waals surface area contributed by atoms with Gasteiger partial charge in [0.05, 0.1) is 0 Å². The van der Waals surface area contributed by atoms with E-state index < -0.39 is 19.6 Å². The van der Waals surface area contributed by atoms with E-state index in [1.165, 1.54) is 0 Å². The first-order valence-electron chi connectivity index (χ1n) is 6.86. The molecule has 3 nitrogen and oxygen atoms in total. The maximum atomic E-state index is 12.0. The molecule has 1 N–H and O–H groups in total. The fourth-order valence-corrected chi connectivity index (χ4v) is 1.81. The average molecular weight is 305 g/mol. The van der Waals surface area contributed by atoms with E-state index in [-0.39, 0.29) is 0 Å². The van der Waals surface area contributed by atoms with E-state index in [9.17, 15) is 13.2 Å². The van der Waals surface area contributed by atoms with E-state index in [1.54, 1.807) is 0 Å². The molecule has 1 aromatic rings. The molecule has 0 amide bonds. The summed E-state index contributed by atoms with van der Waals surface area (Å²) in [5.74, 6) is 1.10. The van der Waals surface area contributed by atoms with Gasteiger partial charge in [0, 0.05) is 12.1 Å². The molecule has 1 aromatic carbocycles. The molecule has 0 unspecified atom stereocenters. The Bertz CT molecular complexity index is 433. The first kappa shape index (κ1) is 17.8. The molecule has 1 rings (SSSR count). The number of benzene rings is 1. The Morgan fingerprint density at radius 3 is 2.57 bits per heavy atom. The number of halogens is 3. The van der Waals surface area contributed by atoms with Crippen molar-refractivity contribution in [3.63, 3.8) is 0 Å². The lowest BCUT2D eigenvalue weighted by atomic mass is 10.1. The number of para-hydroxylation sites is 1. The smallest absolute Gasteiger partial charge is 0.411 e. The van der Waals surface area contributed by atoms with Crippen LogP contribution in [0.5, 0.6) is 5.75 Å². The standard InChI is InChI=1S/C15H22F3NO2/c1-11(2)7-19-8-13-6-4-5-12(3)14(13)21-10-20-9-15(16,17)18/h4-6,11,19H,7-10H2,1-3H3. The molecule has 0 aromatic heterocycles. The van der Waals surface area contributed by atoms with Crippen LogP contribution in [0.4, 0.5) is 13.2 Å². The van der Waals surface area contributed by atoms with Crippen molar-refractivity contribution in [2.24, 2.45) is 5.92 Å². The van der Waals surface area contributed by atoms with Crippen molar-refractivity contribution in [3.8, 4) is 5.75 Å². The fraction of sp³-hybridized carbons (Fsp3) is 0.600. The summed E-state index contributed by atoms with van der Waals surface area (Å²) in [5.41, 5.74) is 1.78. The third kappa shape index (κ3) is 7.34. The van der Waals surface area contributed by atoms with Crippen molar-refractivity contribution in [3.05, 3.63) is 29.3 Å². The minimum Gasteiger partial charge on any atom is -0.467 e. The van der Waals surface area contributed by atoms with Gasteiger partial charge in [-0.2, -0.15) is 13.2 Å². The van der Waals surface area contributed by atoms with Gasteiger partial charge in [0.2, 0.25) is 0 Å². The van der Waals surface area contributed by atoms with Crippen LogP contribution in [0, 0.1) is 12.8 Å². The minimum atomic E-state index is -4.34. The first-order valence-corrected chi connectivity index (χ1v) is 6.86. The number of aryl methyl sites for hydroxylation is 1. The summed E-state index contributed by atoms with van der Waals surface area (Å²) in [5, 5.41) is 3.28. The lowest BCUT2D eigenvalue weighted by molar-refractivity contribution is -0.186. The van der Waals surface area contributed by atoms with Gasteiger partial charge in [0.15, 0.2) is 6.79 Å². The van der Waals surface area contributed by atoms with Crippen molar-refractivity contribution >= 4 is 0 Å². The summed E-state index contributed by atoms with van der Waals surface area (Å²) < 4.78 is 45.8. The van der Waals surface area contributed by atoms with E-state index in [2.05, 4.69) is 23.9 Å². The van der Waals surface area contributed by atoms with Crippen LogP contribution in [0.2, 0.25) is 0 Å². The molecule has 0 saturated carbocycles. The lowest BCUT2D eigenvalue weighted by Crippen LogP contribution is -2.21. The molecule has 0 spiro atoms. The summed E-state index contributed by atoms with van der Waals surface area (Å²) in [4.78, 5) is 0. The van der Waals surface area contributed by atoms with Crippen molar-refractivity contribution in [1.82, 2.24) is 5.32 Å². The van der Waals surface area contributed by atoms with Crippen LogP contribution < -0.4 is 10.1 Å². The number of nitrogens with one attached hydrogen (secondary N) is 1. The van der Waals surface area contributed by atoms with Crippen LogP contribution in [0.15, 0.2) is 18.2 Å². The summed E-state index contributed by atoms with van der Waals surface area (Å²) in [6.45, 7) is 5.80. The maximum Gasteiger partial charge on any atom is 0.411 e. The Kier molecular flexibility index (Phi) is 6.98. The van der Waals surface area contributed by atoms with Gasteiger partial charge in [-0.25, -0.2) is 0 Å². The SMILES string of the molecule is Cc1cccc(CNCC(C)C)c1OCOCC(F)(F)F. The fourth-order valence-electron chi connectivity index (χ4n) is 1.81. The molecule has 0 aliphatic carbocycles. The second-order valence-corrected chi connectivity index (χ2v) is 5.31. The predicted molar refractivity (Wildman–Crippen MR) is 75.2 cm³/mol. The first-order chi connectivity index (χ1) is 9.79. The highest BCUT2D eigenvalue weighted by molar-refractivity contribution is 5.40.